The fourth-order valence-corrected chi connectivity index (χ4v) is 4.61. The number of carbonyl (C=O) groups excluding carboxylic acids is 1. The van der Waals surface area contributed by atoms with Gasteiger partial charge in [0.1, 0.15) is 0 Å². The largest absolute Gasteiger partial charge is 0.356 e. The molecule has 2 saturated heterocycles. The average molecular weight is 348 g/mol. The van der Waals surface area contributed by atoms with Crippen LogP contribution in [-0.4, -0.2) is 37.0 Å². The Morgan fingerprint density at radius 1 is 0.885 bits per heavy atom. The molecule has 0 unspecified atom stereocenters. The highest BCUT2D eigenvalue weighted by Gasteiger charge is 2.44. The Morgan fingerprint density at radius 3 is 1.96 bits per heavy atom. The first-order chi connectivity index (χ1) is 12.8. The number of nitrogens with one attached hydrogen (secondary N) is 1. The predicted octanol–water partition coefficient (Wildman–Crippen LogP) is 3.81. The number of hydrogen-bond acceptors (Lipinski definition) is 2. The van der Waals surface area contributed by atoms with E-state index in [-0.39, 0.29) is 5.41 Å². The van der Waals surface area contributed by atoms with Crippen LogP contribution >= 0.6 is 0 Å². The zero-order chi connectivity index (χ0) is 17.8. The van der Waals surface area contributed by atoms with Crippen LogP contribution in [0.3, 0.4) is 0 Å². The first-order valence-electron chi connectivity index (χ1n) is 9.87. The number of rotatable bonds is 5. The summed E-state index contributed by atoms with van der Waals surface area (Å²) in [6.45, 7) is 4.04. The van der Waals surface area contributed by atoms with Crippen LogP contribution in [-0.2, 0) is 4.79 Å². The molecule has 1 N–H and O–H groups in total. The van der Waals surface area contributed by atoms with Gasteiger partial charge in [-0.15, -0.1) is 0 Å². The summed E-state index contributed by atoms with van der Waals surface area (Å²) in [7, 11) is 0. The molecular formula is C23H28N2O. The van der Waals surface area contributed by atoms with Crippen LogP contribution < -0.4 is 5.32 Å². The molecule has 4 rings (SSSR count). The van der Waals surface area contributed by atoms with E-state index in [0.717, 1.165) is 51.9 Å². The van der Waals surface area contributed by atoms with Gasteiger partial charge in [0.2, 0.25) is 5.91 Å². The lowest BCUT2D eigenvalue weighted by molar-refractivity contribution is -0.130. The maximum atomic E-state index is 12.2. The highest BCUT2D eigenvalue weighted by molar-refractivity contribution is 5.84. The van der Waals surface area contributed by atoms with Crippen LogP contribution in [0.2, 0.25) is 0 Å². The Labute approximate surface area is 156 Å². The molecule has 2 aliphatic heterocycles. The van der Waals surface area contributed by atoms with Gasteiger partial charge in [-0.25, -0.2) is 0 Å². The molecule has 0 saturated carbocycles. The minimum atomic E-state index is -0.0608. The summed E-state index contributed by atoms with van der Waals surface area (Å²) in [5.41, 5.74) is 2.72. The third-order valence-electron chi connectivity index (χ3n) is 6.32. The molecule has 2 heterocycles. The summed E-state index contributed by atoms with van der Waals surface area (Å²) in [6, 6.07) is 21.7. The fourth-order valence-electron chi connectivity index (χ4n) is 4.61. The van der Waals surface area contributed by atoms with Crippen molar-refractivity contribution >= 4 is 5.91 Å². The molecule has 2 aliphatic rings. The van der Waals surface area contributed by atoms with Gasteiger partial charge in [0, 0.05) is 12.5 Å². The molecule has 0 bridgehead atoms. The van der Waals surface area contributed by atoms with Crippen molar-refractivity contribution in [2.45, 2.75) is 31.6 Å². The molecule has 0 atom stereocenters. The summed E-state index contributed by atoms with van der Waals surface area (Å²) in [6.07, 6.45) is 4.17. The van der Waals surface area contributed by atoms with Gasteiger partial charge in [-0.1, -0.05) is 60.7 Å². The second-order valence-electron chi connectivity index (χ2n) is 7.79. The zero-order valence-corrected chi connectivity index (χ0v) is 15.4. The molecule has 26 heavy (non-hydrogen) atoms. The quantitative estimate of drug-likeness (QED) is 0.891. The van der Waals surface area contributed by atoms with Crippen LogP contribution in [0.25, 0.3) is 0 Å². The van der Waals surface area contributed by atoms with Crippen LogP contribution in [0.4, 0.5) is 0 Å². The van der Waals surface area contributed by atoms with E-state index < -0.39 is 0 Å². The minimum Gasteiger partial charge on any atom is -0.356 e. The first kappa shape index (κ1) is 17.3. The lowest BCUT2D eigenvalue weighted by Gasteiger charge is -2.37. The first-order valence-corrected chi connectivity index (χ1v) is 9.87. The van der Waals surface area contributed by atoms with Crippen molar-refractivity contribution in [3.63, 3.8) is 0 Å². The normalized spacial score (nSPS) is 19.8. The van der Waals surface area contributed by atoms with E-state index in [1.807, 2.05) is 0 Å². The molecule has 3 nitrogen and oxygen atoms in total. The summed E-state index contributed by atoms with van der Waals surface area (Å²) in [5, 5.41) is 3.03. The van der Waals surface area contributed by atoms with Gasteiger partial charge >= 0.3 is 0 Å². The van der Waals surface area contributed by atoms with Crippen LogP contribution in [0, 0.1) is 5.41 Å². The lowest BCUT2D eigenvalue weighted by atomic mass is 9.77. The van der Waals surface area contributed by atoms with Gasteiger partial charge in [0.25, 0.3) is 0 Å². The van der Waals surface area contributed by atoms with Gasteiger partial charge < -0.3 is 10.2 Å². The summed E-state index contributed by atoms with van der Waals surface area (Å²) in [4.78, 5) is 14.7. The van der Waals surface area contributed by atoms with E-state index >= 15 is 0 Å². The second-order valence-corrected chi connectivity index (χ2v) is 7.79. The molecule has 3 heteroatoms. The summed E-state index contributed by atoms with van der Waals surface area (Å²) in [5.74, 6) is 0.728. The second kappa shape index (κ2) is 7.63. The predicted molar refractivity (Wildman–Crippen MR) is 105 cm³/mol. The zero-order valence-electron chi connectivity index (χ0n) is 15.4. The smallest absolute Gasteiger partial charge is 0.226 e. The number of likely N-dealkylation sites (tertiary alicyclic amines) is 1. The Bertz CT molecular complexity index is 681. The molecule has 1 amide bonds. The molecular weight excluding hydrogens is 320 g/mol. The highest BCUT2D eigenvalue weighted by Crippen LogP contribution is 2.38. The number of nitrogens with zero attached hydrogens (tertiary/aromatic N) is 1. The highest BCUT2D eigenvalue weighted by atomic mass is 16.2. The van der Waals surface area contributed by atoms with E-state index in [0.29, 0.717) is 11.8 Å². The fraction of sp³-hybridized carbons (Fsp3) is 0.435. The van der Waals surface area contributed by atoms with Gasteiger partial charge in [-0.2, -0.15) is 0 Å². The number of amides is 1. The van der Waals surface area contributed by atoms with E-state index in [4.69, 9.17) is 0 Å². The van der Waals surface area contributed by atoms with Crippen molar-refractivity contribution in [3.8, 4) is 0 Å². The molecule has 136 valence electrons. The molecule has 2 fully saturated rings. The van der Waals surface area contributed by atoms with E-state index in [1.165, 1.54) is 11.1 Å². The average Bonchev–Trinajstić information content (AvgIpc) is 3.05. The molecule has 2 aromatic carbocycles. The number of carbonyl (C=O) groups is 1. The number of hydrogen-bond donors (Lipinski definition) is 1. The molecule has 0 aliphatic carbocycles. The van der Waals surface area contributed by atoms with Gasteiger partial charge in [-0.05, 0) is 56.4 Å². The maximum absolute atomic E-state index is 12.2. The van der Waals surface area contributed by atoms with Crippen LogP contribution in [0.5, 0.6) is 0 Å². The summed E-state index contributed by atoms with van der Waals surface area (Å²) < 4.78 is 0. The topological polar surface area (TPSA) is 32.3 Å². The van der Waals surface area contributed by atoms with Gasteiger partial charge in [-0.3, -0.25) is 4.79 Å². The van der Waals surface area contributed by atoms with Crippen molar-refractivity contribution in [1.29, 1.82) is 0 Å². The molecule has 1 spiro atoms. The van der Waals surface area contributed by atoms with Crippen molar-refractivity contribution in [2.24, 2.45) is 5.41 Å². The molecule has 2 aromatic rings. The Hall–Kier alpha value is -2.13. The minimum absolute atomic E-state index is 0.0608. The molecule has 0 radical (unpaired) electrons. The van der Waals surface area contributed by atoms with Crippen molar-refractivity contribution in [2.75, 3.05) is 26.2 Å². The van der Waals surface area contributed by atoms with E-state index in [2.05, 4.69) is 70.9 Å². The van der Waals surface area contributed by atoms with E-state index in [1.54, 1.807) is 0 Å². The van der Waals surface area contributed by atoms with E-state index in [9.17, 15) is 4.79 Å². The lowest BCUT2D eigenvalue weighted by Crippen LogP contribution is -2.44. The SMILES string of the molecule is O=C1NCCC12CCN(CCC(c1ccccc1)c1ccccc1)CC2. The standard InChI is InChI=1S/C23H28N2O/c26-22-23(12-15-24-22)13-17-25(18-14-23)16-11-21(19-7-3-1-4-8-19)20-9-5-2-6-10-20/h1-10,21H,11-18H2,(H,24,26). The Morgan fingerprint density at radius 2 is 1.46 bits per heavy atom. The number of piperidine rings is 1. The van der Waals surface area contributed by atoms with Crippen LogP contribution in [0.15, 0.2) is 60.7 Å². The Balaban J connectivity index is 1.41. The van der Waals surface area contributed by atoms with Crippen LogP contribution in [0.1, 0.15) is 42.7 Å². The monoisotopic (exact) mass is 348 g/mol. The third-order valence-corrected chi connectivity index (χ3v) is 6.32. The molecule has 0 aromatic heterocycles. The van der Waals surface area contributed by atoms with Crippen molar-refractivity contribution in [3.05, 3.63) is 71.8 Å². The van der Waals surface area contributed by atoms with Crippen molar-refractivity contribution < 1.29 is 4.79 Å². The third kappa shape index (κ3) is 3.54. The maximum Gasteiger partial charge on any atom is 0.226 e. The summed E-state index contributed by atoms with van der Waals surface area (Å²) >= 11 is 0. The Kier molecular flexibility index (Phi) is 5.07. The van der Waals surface area contributed by atoms with Gasteiger partial charge in [0.15, 0.2) is 0 Å². The van der Waals surface area contributed by atoms with Crippen molar-refractivity contribution in [1.82, 2.24) is 10.2 Å². The number of benzene rings is 2. The van der Waals surface area contributed by atoms with Gasteiger partial charge in [0.05, 0.1) is 5.41 Å².